The molecule has 0 unspecified atom stereocenters. The number of nitrogens with zero attached hydrogens (tertiary/aromatic N) is 2. The van der Waals surface area contributed by atoms with Gasteiger partial charge >= 0.3 is 11.9 Å². The first-order valence-electron chi connectivity index (χ1n) is 11.7. The van der Waals surface area contributed by atoms with Crippen LogP contribution in [0.5, 0.6) is 0 Å². The van der Waals surface area contributed by atoms with Crippen molar-refractivity contribution in [2.45, 2.75) is 64.3 Å². The molecule has 2 aromatic heterocycles. The normalized spacial score (nSPS) is 12.7. The number of hydrogen-bond acceptors (Lipinski definition) is 9. The highest BCUT2D eigenvalue weighted by Gasteiger charge is 2.27. The molecule has 0 spiro atoms. The minimum Gasteiger partial charge on any atom is -0.462 e. The van der Waals surface area contributed by atoms with Crippen LogP contribution >= 0.6 is 23.1 Å². The smallest absolute Gasteiger partial charge is 0.348 e. The zero-order valence-corrected chi connectivity index (χ0v) is 21.8. The van der Waals surface area contributed by atoms with E-state index in [1.54, 1.807) is 20.8 Å². The molecular formula is C25H29N3O5S2. The van der Waals surface area contributed by atoms with Gasteiger partial charge in [0.1, 0.15) is 21.0 Å². The highest BCUT2D eigenvalue weighted by Crippen LogP contribution is 2.35. The van der Waals surface area contributed by atoms with Gasteiger partial charge in [-0.3, -0.25) is 4.79 Å². The summed E-state index contributed by atoms with van der Waals surface area (Å²) in [5.41, 5.74) is 3.32. The summed E-state index contributed by atoms with van der Waals surface area (Å²) < 4.78 is 10.2. The molecule has 0 atom stereocenters. The fourth-order valence-corrected chi connectivity index (χ4v) is 5.87. The lowest BCUT2D eigenvalue weighted by atomic mass is 10.1. The third kappa shape index (κ3) is 6.61. The van der Waals surface area contributed by atoms with E-state index in [4.69, 9.17) is 14.5 Å². The van der Waals surface area contributed by atoms with Crippen LogP contribution in [0.3, 0.4) is 0 Å². The Morgan fingerprint density at radius 2 is 1.86 bits per heavy atom. The number of esters is 2. The Labute approximate surface area is 213 Å². The van der Waals surface area contributed by atoms with Crippen LogP contribution in [0.25, 0.3) is 0 Å². The van der Waals surface area contributed by atoms with E-state index in [0.29, 0.717) is 21.9 Å². The molecule has 8 nitrogen and oxygen atoms in total. The summed E-state index contributed by atoms with van der Waals surface area (Å²) in [6.45, 7) is 5.39. The molecule has 0 fully saturated rings. The van der Waals surface area contributed by atoms with Crippen LogP contribution in [-0.4, -0.2) is 41.8 Å². The summed E-state index contributed by atoms with van der Waals surface area (Å²) in [5, 5.41) is 13.2. The fourth-order valence-electron chi connectivity index (χ4n) is 3.85. The molecule has 1 aliphatic rings. The number of fused-ring (bicyclic) bond motifs is 1. The van der Waals surface area contributed by atoms with Crippen LogP contribution in [0.2, 0.25) is 0 Å². The first-order valence-corrected chi connectivity index (χ1v) is 13.5. The lowest BCUT2D eigenvalue weighted by Gasteiger charge is -2.10. The maximum atomic E-state index is 12.7. The molecular weight excluding hydrogens is 486 g/mol. The van der Waals surface area contributed by atoms with Gasteiger partial charge in [0.2, 0.25) is 5.91 Å². The van der Waals surface area contributed by atoms with Gasteiger partial charge in [-0.15, -0.1) is 23.1 Å². The van der Waals surface area contributed by atoms with E-state index in [-0.39, 0.29) is 41.0 Å². The van der Waals surface area contributed by atoms with Gasteiger partial charge in [-0.1, -0.05) is 6.42 Å². The fraction of sp³-hybridized carbons (Fsp3) is 0.480. The van der Waals surface area contributed by atoms with Gasteiger partial charge in [-0.2, -0.15) is 5.26 Å². The Bertz CT molecular complexity index is 1150. The third-order valence-corrected chi connectivity index (χ3v) is 7.72. The Balaban J connectivity index is 1.70. The average molecular weight is 516 g/mol. The summed E-state index contributed by atoms with van der Waals surface area (Å²) in [5.74, 6) is -1.05. The third-order valence-electron chi connectivity index (χ3n) is 5.54. The van der Waals surface area contributed by atoms with Gasteiger partial charge in [0.25, 0.3) is 0 Å². The molecule has 1 amide bonds. The van der Waals surface area contributed by atoms with Crippen molar-refractivity contribution in [3.05, 3.63) is 38.9 Å². The van der Waals surface area contributed by atoms with E-state index >= 15 is 0 Å². The van der Waals surface area contributed by atoms with Crippen molar-refractivity contribution in [1.82, 2.24) is 4.98 Å². The molecule has 2 aromatic rings. The molecule has 0 saturated carbocycles. The topological polar surface area (TPSA) is 118 Å². The number of thioether (sulfide) groups is 1. The van der Waals surface area contributed by atoms with Crippen LogP contribution < -0.4 is 5.32 Å². The van der Waals surface area contributed by atoms with Gasteiger partial charge in [0.15, 0.2) is 0 Å². The zero-order valence-electron chi connectivity index (χ0n) is 20.2. The average Bonchev–Trinajstić information content (AvgIpc) is 2.99. The van der Waals surface area contributed by atoms with Gasteiger partial charge < -0.3 is 14.8 Å². The molecule has 2 heterocycles. The van der Waals surface area contributed by atoms with E-state index in [1.165, 1.54) is 11.8 Å². The molecule has 10 heteroatoms. The van der Waals surface area contributed by atoms with Crippen molar-refractivity contribution >= 4 is 45.9 Å². The molecule has 0 radical (unpaired) electrons. The van der Waals surface area contributed by atoms with Crippen LogP contribution in [0.15, 0.2) is 11.1 Å². The molecule has 186 valence electrons. The van der Waals surface area contributed by atoms with Crippen molar-refractivity contribution in [3.63, 3.8) is 0 Å². The van der Waals surface area contributed by atoms with Crippen LogP contribution in [0.1, 0.15) is 81.9 Å². The minimum atomic E-state index is -0.602. The van der Waals surface area contributed by atoms with Crippen molar-refractivity contribution in [2.75, 3.05) is 24.3 Å². The van der Waals surface area contributed by atoms with E-state index in [9.17, 15) is 19.6 Å². The first-order chi connectivity index (χ1) is 16.9. The zero-order chi connectivity index (χ0) is 25.4. The number of hydrogen-bond donors (Lipinski definition) is 1. The number of aryl methyl sites for hydroxylation is 2. The van der Waals surface area contributed by atoms with Crippen LogP contribution in [0.4, 0.5) is 5.00 Å². The standard InChI is InChI=1S/C25H29N3O5S2/c1-4-32-24(30)20-15(3)21(25(31)33-5-2)35-23(20)28-19(29)11-12-34-22-17(14-26)13-16-9-7-6-8-10-18(16)27-22/h13H,4-12H2,1-3H3,(H,28,29). The second kappa shape index (κ2) is 12.7. The number of carbonyl (C=O) groups excluding carboxylic acids is 3. The summed E-state index contributed by atoms with van der Waals surface area (Å²) in [6, 6.07) is 4.17. The Morgan fingerprint density at radius 3 is 2.57 bits per heavy atom. The highest BCUT2D eigenvalue weighted by molar-refractivity contribution is 7.99. The van der Waals surface area contributed by atoms with Gasteiger partial charge in [-0.25, -0.2) is 14.6 Å². The lowest BCUT2D eigenvalue weighted by Crippen LogP contribution is -2.15. The predicted octanol–water partition coefficient (Wildman–Crippen LogP) is 5.07. The molecule has 0 saturated heterocycles. The second-order valence-corrected chi connectivity index (χ2v) is 10.1. The monoisotopic (exact) mass is 515 g/mol. The maximum absolute atomic E-state index is 12.7. The molecule has 35 heavy (non-hydrogen) atoms. The second-order valence-electron chi connectivity index (χ2n) is 7.97. The summed E-state index contributed by atoms with van der Waals surface area (Å²) >= 11 is 2.37. The highest BCUT2D eigenvalue weighted by atomic mass is 32.2. The number of nitriles is 1. The Kier molecular flexibility index (Phi) is 9.69. The van der Waals surface area contributed by atoms with Crippen molar-refractivity contribution in [1.29, 1.82) is 5.26 Å². The quantitative estimate of drug-likeness (QED) is 0.279. The predicted molar refractivity (Wildman–Crippen MR) is 135 cm³/mol. The molecule has 1 aliphatic carbocycles. The van der Waals surface area contributed by atoms with Crippen LogP contribution in [-0.2, 0) is 27.1 Å². The van der Waals surface area contributed by atoms with E-state index < -0.39 is 11.9 Å². The van der Waals surface area contributed by atoms with Crippen molar-refractivity contribution in [3.8, 4) is 6.07 Å². The number of aromatic nitrogens is 1. The Morgan fingerprint density at radius 1 is 1.14 bits per heavy atom. The molecule has 0 aromatic carbocycles. The molecule has 0 bridgehead atoms. The Hall–Kier alpha value is -2.90. The summed E-state index contributed by atoms with van der Waals surface area (Å²) in [4.78, 5) is 42.5. The lowest BCUT2D eigenvalue weighted by molar-refractivity contribution is -0.115. The SMILES string of the molecule is CCOC(=O)c1sc(NC(=O)CCSc2nc3c(cc2C#N)CCCCC3)c(C(=O)OCC)c1C. The van der Waals surface area contributed by atoms with Gasteiger partial charge in [0.05, 0.1) is 24.3 Å². The van der Waals surface area contributed by atoms with Crippen LogP contribution in [0, 0.1) is 18.3 Å². The first kappa shape index (κ1) is 26.7. The van der Waals surface area contributed by atoms with Crippen molar-refractivity contribution < 1.29 is 23.9 Å². The minimum absolute atomic E-state index is 0.141. The number of thiophene rings is 1. The number of amides is 1. The number of nitrogens with one attached hydrogen (secondary N) is 1. The van der Waals surface area contributed by atoms with E-state index in [1.807, 2.05) is 6.07 Å². The molecule has 1 N–H and O–H groups in total. The summed E-state index contributed by atoms with van der Waals surface area (Å²) in [6.07, 6.45) is 5.36. The van der Waals surface area contributed by atoms with Gasteiger partial charge in [-0.05, 0) is 63.6 Å². The summed E-state index contributed by atoms with van der Waals surface area (Å²) in [7, 11) is 0. The number of carbonyl (C=O) groups is 3. The van der Waals surface area contributed by atoms with Crippen molar-refractivity contribution in [2.24, 2.45) is 0 Å². The number of anilines is 1. The maximum Gasteiger partial charge on any atom is 0.348 e. The number of ether oxygens (including phenoxy) is 2. The van der Waals surface area contributed by atoms with E-state index in [0.717, 1.165) is 54.7 Å². The van der Waals surface area contributed by atoms with Gasteiger partial charge in [0, 0.05) is 17.9 Å². The number of pyridine rings is 1. The largest absolute Gasteiger partial charge is 0.462 e. The van der Waals surface area contributed by atoms with E-state index in [2.05, 4.69) is 11.4 Å². The number of rotatable bonds is 9. The molecule has 0 aliphatic heterocycles. The molecule has 3 rings (SSSR count).